The molecule has 0 heterocycles. The summed E-state index contributed by atoms with van der Waals surface area (Å²) in [5.41, 5.74) is -5.62. The smallest absolute Gasteiger partial charge is 0.338 e. The number of benzene rings is 4. The van der Waals surface area contributed by atoms with Gasteiger partial charge in [0.05, 0.1) is 16.7 Å². The highest BCUT2D eigenvalue weighted by Gasteiger charge is 2.41. The number of amides is 1. The van der Waals surface area contributed by atoms with Crippen LogP contribution in [0.3, 0.4) is 0 Å². The van der Waals surface area contributed by atoms with Crippen LogP contribution in [0.4, 0.5) is 39.5 Å². The molecule has 0 spiro atoms. The number of hydrogen-bond donors (Lipinski definition) is 1. The molecule has 4 aromatic rings. The maximum Gasteiger partial charge on any atom is 0.419 e. The Labute approximate surface area is 247 Å². The van der Waals surface area contributed by atoms with Crippen molar-refractivity contribution < 1.29 is 44.3 Å². The van der Waals surface area contributed by atoms with E-state index in [2.05, 4.69) is 5.32 Å². The van der Waals surface area contributed by atoms with Crippen LogP contribution >= 0.6 is 0 Å². The standard InChI is InChI=1S/C33H26F9NO/c1-19(2)12-22-13-23(9-11-28(22)35)31(18-20-6-4-3-5-7-20,24-15-25(32(37,38)39)17-26(34)16-24)43-30(44)21-8-10-29(36)27(14-21)33(40,41)42/h3-11,13-17,19H,12,18H2,1-2H3,(H,43,44). The van der Waals surface area contributed by atoms with Gasteiger partial charge in [-0.05, 0) is 77.1 Å². The molecule has 232 valence electrons. The Morgan fingerprint density at radius 3 is 1.95 bits per heavy atom. The predicted octanol–water partition coefficient (Wildman–Crippen LogP) is 9.26. The molecular formula is C33H26F9NO. The van der Waals surface area contributed by atoms with Gasteiger partial charge >= 0.3 is 12.4 Å². The molecule has 0 aliphatic carbocycles. The first-order valence-corrected chi connectivity index (χ1v) is 13.4. The molecule has 0 aliphatic heterocycles. The number of carbonyl (C=O) groups excluding carboxylic acids is 1. The fourth-order valence-electron chi connectivity index (χ4n) is 5.05. The first kappa shape index (κ1) is 32.6. The molecule has 0 radical (unpaired) electrons. The fourth-order valence-corrected chi connectivity index (χ4v) is 5.05. The van der Waals surface area contributed by atoms with Gasteiger partial charge in [0.2, 0.25) is 0 Å². The molecule has 2 nitrogen and oxygen atoms in total. The largest absolute Gasteiger partial charge is 0.419 e. The number of halogens is 9. The van der Waals surface area contributed by atoms with E-state index in [0.29, 0.717) is 17.7 Å². The van der Waals surface area contributed by atoms with Crippen molar-refractivity contribution in [2.24, 2.45) is 5.92 Å². The van der Waals surface area contributed by atoms with Crippen LogP contribution in [0.25, 0.3) is 0 Å². The summed E-state index contributed by atoms with van der Waals surface area (Å²) in [6.45, 7) is 3.61. The highest BCUT2D eigenvalue weighted by Crippen LogP contribution is 2.40. The van der Waals surface area contributed by atoms with Crippen LogP contribution in [0.5, 0.6) is 0 Å². The number of alkyl halides is 6. The third-order valence-corrected chi connectivity index (χ3v) is 7.06. The lowest BCUT2D eigenvalue weighted by Gasteiger charge is -2.37. The molecule has 0 saturated carbocycles. The molecule has 0 bridgehead atoms. The van der Waals surface area contributed by atoms with Gasteiger partial charge in [-0.2, -0.15) is 26.3 Å². The van der Waals surface area contributed by atoms with Crippen molar-refractivity contribution in [2.45, 2.75) is 44.6 Å². The molecular weight excluding hydrogens is 597 g/mol. The zero-order valence-electron chi connectivity index (χ0n) is 23.4. The molecule has 0 aromatic heterocycles. The minimum Gasteiger partial charge on any atom is -0.338 e. The van der Waals surface area contributed by atoms with Crippen LogP contribution in [-0.2, 0) is 30.7 Å². The number of hydrogen-bond acceptors (Lipinski definition) is 1. The van der Waals surface area contributed by atoms with Crippen molar-refractivity contribution in [2.75, 3.05) is 0 Å². The predicted molar refractivity (Wildman–Crippen MR) is 146 cm³/mol. The average Bonchev–Trinajstić information content (AvgIpc) is 2.93. The van der Waals surface area contributed by atoms with E-state index in [1.54, 1.807) is 44.2 Å². The molecule has 4 rings (SSSR count). The van der Waals surface area contributed by atoms with E-state index in [1.807, 2.05) is 0 Å². The van der Waals surface area contributed by atoms with Gasteiger partial charge in [0.25, 0.3) is 5.91 Å². The molecule has 1 amide bonds. The van der Waals surface area contributed by atoms with Crippen LogP contribution in [-0.4, -0.2) is 5.91 Å². The van der Waals surface area contributed by atoms with E-state index < -0.39 is 63.5 Å². The minimum absolute atomic E-state index is 0.0450. The number of nitrogens with one attached hydrogen (secondary N) is 1. The van der Waals surface area contributed by atoms with Crippen molar-refractivity contribution >= 4 is 5.91 Å². The Balaban J connectivity index is 2.03. The van der Waals surface area contributed by atoms with Gasteiger partial charge in [0.1, 0.15) is 17.5 Å². The zero-order chi connectivity index (χ0) is 32.4. The van der Waals surface area contributed by atoms with Gasteiger partial charge in [-0.25, -0.2) is 13.2 Å². The molecule has 44 heavy (non-hydrogen) atoms. The first-order valence-electron chi connectivity index (χ1n) is 13.4. The molecule has 1 unspecified atom stereocenters. The molecule has 1 atom stereocenters. The highest BCUT2D eigenvalue weighted by molar-refractivity contribution is 5.95. The molecule has 11 heteroatoms. The Bertz CT molecular complexity index is 1650. The van der Waals surface area contributed by atoms with Gasteiger partial charge < -0.3 is 5.32 Å². The van der Waals surface area contributed by atoms with Crippen molar-refractivity contribution in [3.8, 4) is 0 Å². The fraction of sp³-hybridized carbons (Fsp3) is 0.242. The summed E-state index contributed by atoms with van der Waals surface area (Å²) in [4.78, 5) is 13.7. The minimum atomic E-state index is -5.16. The van der Waals surface area contributed by atoms with Crippen LogP contribution in [0, 0.1) is 23.4 Å². The van der Waals surface area contributed by atoms with E-state index in [1.165, 1.54) is 12.1 Å². The van der Waals surface area contributed by atoms with Crippen molar-refractivity contribution in [1.82, 2.24) is 5.32 Å². The molecule has 0 fully saturated rings. The Morgan fingerprint density at radius 1 is 0.705 bits per heavy atom. The van der Waals surface area contributed by atoms with Crippen molar-refractivity contribution in [1.29, 1.82) is 0 Å². The highest BCUT2D eigenvalue weighted by atomic mass is 19.4. The van der Waals surface area contributed by atoms with E-state index in [0.717, 1.165) is 18.2 Å². The van der Waals surface area contributed by atoms with Crippen LogP contribution in [0.1, 0.15) is 57.6 Å². The summed E-state index contributed by atoms with van der Waals surface area (Å²) in [5.74, 6) is -4.86. The van der Waals surface area contributed by atoms with Crippen molar-refractivity contribution in [3.05, 3.63) is 141 Å². The molecule has 4 aromatic carbocycles. The van der Waals surface area contributed by atoms with E-state index in [9.17, 15) is 44.3 Å². The van der Waals surface area contributed by atoms with Gasteiger partial charge in [0.15, 0.2) is 0 Å². The average molecular weight is 624 g/mol. The lowest BCUT2D eigenvalue weighted by Crippen LogP contribution is -2.49. The lowest BCUT2D eigenvalue weighted by atomic mass is 9.76. The van der Waals surface area contributed by atoms with E-state index in [4.69, 9.17) is 0 Å². The first-order chi connectivity index (χ1) is 20.5. The second kappa shape index (κ2) is 12.4. The monoisotopic (exact) mass is 623 g/mol. The van der Waals surface area contributed by atoms with Gasteiger partial charge in [-0.3, -0.25) is 4.79 Å². The summed E-state index contributed by atoms with van der Waals surface area (Å²) >= 11 is 0. The molecule has 1 N–H and O–H groups in total. The molecule has 0 aliphatic rings. The van der Waals surface area contributed by atoms with Crippen LogP contribution in [0.15, 0.2) is 84.9 Å². The third-order valence-electron chi connectivity index (χ3n) is 7.06. The quantitative estimate of drug-likeness (QED) is 0.195. The second-order valence-electron chi connectivity index (χ2n) is 10.8. The van der Waals surface area contributed by atoms with E-state index in [-0.39, 0.29) is 42.0 Å². The second-order valence-corrected chi connectivity index (χ2v) is 10.8. The maximum atomic E-state index is 14.9. The van der Waals surface area contributed by atoms with Gasteiger partial charge in [-0.1, -0.05) is 56.3 Å². The number of rotatable bonds is 8. The maximum absolute atomic E-state index is 14.9. The van der Waals surface area contributed by atoms with Crippen LogP contribution < -0.4 is 5.32 Å². The third kappa shape index (κ3) is 7.26. The Morgan fingerprint density at radius 2 is 1.34 bits per heavy atom. The van der Waals surface area contributed by atoms with Crippen LogP contribution in [0.2, 0.25) is 0 Å². The summed E-state index contributed by atoms with van der Waals surface area (Å²) < 4.78 is 126. The Kier molecular flexibility index (Phi) is 9.18. The Hall–Kier alpha value is -4.28. The number of carbonyl (C=O) groups is 1. The van der Waals surface area contributed by atoms with Gasteiger partial charge in [-0.15, -0.1) is 0 Å². The normalized spacial score (nSPS) is 13.5. The zero-order valence-corrected chi connectivity index (χ0v) is 23.4. The summed E-state index contributed by atoms with van der Waals surface area (Å²) in [5, 5.41) is 2.55. The molecule has 0 saturated heterocycles. The van der Waals surface area contributed by atoms with Gasteiger partial charge in [0, 0.05) is 12.0 Å². The lowest BCUT2D eigenvalue weighted by molar-refractivity contribution is -0.140. The SMILES string of the molecule is CC(C)Cc1cc(C(Cc2ccccc2)(NC(=O)c2ccc(F)c(C(F)(F)F)c2)c2cc(F)cc(C(F)(F)F)c2)ccc1F. The summed E-state index contributed by atoms with van der Waals surface area (Å²) in [7, 11) is 0. The van der Waals surface area contributed by atoms with Crippen molar-refractivity contribution in [3.63, 3.8) is 0 Å². The van der Waals surface area contributed by atoms with E-state index >= 15 is 0 Å². The topological polar surface area (TPSA) is 29.1 Å². The summed E-state index contributed by atoms with van der Waals surface area (Å²) in [6.07, 6.45) is -10.3. The summed E-state index contributed by atoms with van der Waals surface area (Å²) in [6, 6.07) is 14.8.